The van der Waals surface area contributed by atoms with E-state index in [1.54, 1.807) is 41.5 Å². The molecule has 4 aromatic rings. The molecule has 0 aliphatic carbocycles. The van der Waals surface area contributed by atoms with Crippen LogP contribution in [0.5, 0.6) is 0 Å². The number of amides is 1. The van der Waals surface area contributed by atoms with Gasteiger partial charge in [0.05, 0.1) is 17.7 Å². The third kappa shape index (κ3) is 4.67. The molecule has 34 heavy (non-hydrogen) atoms. The van der Waals surface area contributed by atoms with Gasteiger partial charge in [-0.25, -0.2) is 4.39 Å². The van der Waals surface area contributed by atoms with Crippen LogP contribution in [-0.4, -0.2) is 57.5 Å². The second kappa shape index (κ2) is 9.90. The highest BCUT2D eigenvalue weighted by molar-refractivity contribution is 7.99. The molecule has 1 aliphatic heterocycles. The lowest BCUT2D eigenvalue weighted by atomic mass is 10.2. The Kier molecular flexibility index (Phi) is 6.55. The molecule has 174 valence electrons. The van der Waals surface area contributed by atoms with Crippen molar-refractivity contribution in [2.75, 3.05) is 36.8 Å². The summed E-state index contributed by atoms with van der Waals surface area (Å²) in [6, 6.07) is 17.6. The normalized spacial score (nSPS) is 13.9. The van der Waals surface area contributed by atoms with Crippen molar-refractivity contribution in [3.8, 4) is 17.3 Å². The van der Waals surface area contributed by atoms with Crippen LogP contribution < -0.4 is 4.90 Å². The van der Waals surface area contributed by atoms with E-state index in [2.05, 4.69) is 10.2 Å². The first-order valence-corrected chi connectivity index (χ1v) is 12.1. The summed E-state index contributed by atoms with van der Waals surface area (Å²) >= 11 is 7.38. The second-order valence-corrected chi connectivity index (χ2v) is 9.08. The quantitative estimate of drug-likeness (QED) is 0.358. The minimum Gasteiger partial charge on any atom is -0.461 e. The van der Waals surface area contributed by atoms with E-state index in [9.17, 15) is 9.18 Å². The molecule has 1 aliphatic rings. The third-order valence-electron chi connectivity index (χ3n) is 5.61. The third-order valence-corrected chi connectivity index (χ3v) is 6.78. The van der Waals surface area contributed by atoms with Crippen molar-refractivity contribution >= 4 is 35.0 Å². The number of hydrogen-bond acceptors (Lipinski definition) is 6. The minimum absolute atomic E-state index is 0.00314. The van der Waals surface area contributed by atoms with Gasteiger partial charge in [0.15, 0.2) is 10.9 Å². The topological polar surface area (TPSA) is 67.4 Å². The summed E-state index contributed by atoms with van der Waals surface area (Å²) in [7, 11) is 0. The largest absolute Gasteiger partial charge is 0.461 e. The van der Waals surface area contributed by atoms with Crippen molar-refractivity contribution in [2.45, 2.75) is 5.16 Å². The summed E-state index contributed by atoms with van der Waals surface area (Å²) in [5, 5.41) is 9.81. The van der Waals surface area contributed by atoms with Gasteiger partial charge in [-0.1, -0.05) is 35.5 Å². The number of aromatic nitrogens is 3. The first-order chi connectivity index (χ1) is 16.6. The number of rotatable bonds is 6. The SMILES string of the molecule is O=C(CSc1nnc(-c2ccco2)n1-c1ccc(Cl)cc1)N1CCN(c2ccccc2F)CC1. The van der Waals surface area contributed by atoms with Gasteiger partial charge >= 0.3 is 0 Å². The summed E-state index contributed by atoms with van der Waals surface area (Å²) in [6.07, 6.45) is 1.58. The average Bonchev–Trinajstić information content (AvgIpc) is 3.54. The maximum atomic E-state index is 14.1. The molecule has 0 saturated carbocycles. The molecule has 1 amide bonds. The zero-order valence-electron chi connectivity index (χ0n) is 18.1. The number of carbonyl (C=O) groups excluding carboxylic acids is 1. The molecule has 1 fully saturated rings. The van der Waals surface area contributed by atoms with E-state index in [0.29, 0.717) is 53.6 Å². The van der Waals surface area contributed by atoms with Crippen LogP contribution in [0.3, 0.4) is 0 Å². The number of carbonyl (C=O) groups is 1. The van der Waals surface area contributed by atoms with Crippen molar-refractivity contribution in [1.29, 1.82) is 0 Å². The fourth-order valence-electron chi connectivity index (χ4n) is 3.87. The van der Waals surface area contributed by atoms with Gasteiger partial charge in [0.25, 0.3) is 0 Å². The van der Waals surface area contributed by atoms with Gasteiger partial charge in [0.1, 0.15) is 5.82 Å². The predicted molar refractivity (Wildman–Crippen MR) is 130 cm³/mol. The van der Waals surface area contributed by atoms with Crippen molar-refractivity contribution < 1.29 is 13.6 Å². The Balaban J connectivity index is 1.28. The highest BCUT2D eigenvalue weighted by atomic mass is 35.5. The Morgan fingerprint density at radius 2 is 1.76 bits per heavy atom. The number of benzene rings is 2. The van der Waals surface area contributed by atoms with Crippen molar-refractivity contribution in [3.05, 3.63) is 77.8 Å². The van der Waals surface area contributed by atoms with Crippen LogP contribution in [-0.2, 0) is 4.79 Å². The smallest absolute Gasteiger partial charge is 0.233 e. The van der Waals surface area contributed by atoms with Gasteiger partial charge in [-0.3, -0.25) is 9.36 Å². The number of furan rings is 1. The Hall–Kier alpha value is -3.30. The number of thioether (sulfide) groups is 1. The predicted octanol–water partition coefficient (Wildman–Crippen LogP) is 4.76. The van der Waals surface area contributed by atoms with Crippen LogP contribution in [0.25, 0.3) is 17.3 Å². The molecule has 0 N–H and O–H groups in total. The van der Waals surface area contributed by atoms with E-state index in [1.807, 2.05) is 33.7 Å². The molecule has 0 bridgehead atoms. The molecule has 0 atom stereocenters. The van der Waals surface area contributed by atoms with Crippen LogP contribution in [0.4, 0.5) is 10.1 Å². The molecule has 0 spiro atoms. The zero-order valence-corrected chi connectivity index (χ0v) is 19.7. The molecule has 2 aromatic carbocycles. The maximum absolute atomic E-state index is 14.1. The van der Waals surface area contributed by atoms with Crippen LogP contribution in [0.1, 0.15) is 0 Å². The monoisotopic (exact) mass is 497 g/mol. The number of halogens is 2. The number of anilines is 1. The molecule has 5 rings (SSSR count). The van der Waals surface area contributed by atoms with E-state index in [4.69, 9.17) is 16.0 Å². The van der Waals surface area contributed by atoms with Gasteiger partial charge in [0, 0.05) is 36.9 Å². The van der Waals surface area contributed by atoms with E-state index < -0.39 is 0 Å². The van der Waals surface area contributed by atoms with Crippen LogP contribution in [0, 0.1) is 5.82 Å². The molecule has 0 radical (unpaired) electrons. The summed E-state index contributed by atoms with van der Waals surface area (Å²) in [4.78, 5) is 16.7. The summed E-state index contributed by atoms with van der Waals surface area (Å²) < 4.78 is 21.5. The van der Waals surface area contributed by atoms with Crippen LogP contribution in [0.2, 0.25) is 5.02 Å². The molecule has 2 aromatic heterocycles. The Labute approximate surface area is 205 Å². The molecule has 1 saturated heterocycles. The number of nitrogens with zero attached hydrogens (tertiary/aromatic N) is 5. The highest BCUT2D eigenvalue weighted by Crippen LogP contribution is 2.29. The lowest BCUT2D eigenvalue weighted by Crippen LogP contribution is -2.49. The van der Waals surface area contributed by atoms with Gasteiger partial charge in [-0.15, -0.1) is 10.2 Å². The van der Waals surface area contributed by atoms with Crippen molar-refractivity contribution in [1.82, 2.24) is 19.7 Å². The second-order valence-electron chi connectivity index (χ2n) is 7.70. The number of hydrogen-bond donors (Lipinski definition) is 0. The van der Waals surface area contributed by atoms with E-state index in [0.717, 1.165) is 5.69 Å². The standard InChI is InChI=1S/C24H21ClFN5O2S/c25-17-7-9-18(10-8-17)31-23(21-6-3-15-33-21)27-28-24(31)34-16-22(32)30-13-11-29(12-14-30)20-5-2-1-4-19(20)26/h1-10,15H,11-14,16H2. The fraction of sp³-hybridized carbons (Fsp3) is 0.208. The molecule has 3 heterocycles. The Morgan fingerprint density at radius 1 is 1.00 bits per heavy atom. The van der Waals surface area contributed by atoms with Crippen molar-refractivity contribution in [3.63, 3.8) is 0 Å². The summed E-state index contributed by atoms with van der Waals surface area (Å²) in [5.74, 6) is 1.09. The van der Waals surface area contributed by atoms with Crippen LogP contribution >= 0.6 is 23.4 Å². The zero-order chi connectivity index (χ0) is 23.5. The van der Waals surface area contributed by atoms with E-state index in [1.165, 1.54) is 17.8 Å². The first kappa shape index (κ1) is 22.5. The maximum Gasteiger partial charge on any atom is 0.233 e. The molecule has 10 heteroatoms. The van der Waals surface area contributed by atoms with Gasteiger partial charge in [-0.05, 0) is 48.5 Å². The average molecular weight is 498 g/mol. The first-order valence-electron chi connectivity index (χ1n) is 10.8. The molecule has 0 unspecified atom stereocenters. The summed E-state index contributed by atoms with van der Waals surface area (Å²) in [6.45, 7) is 2.24. The van der Waals surface area contributed by atoms with Gasteiger partial charge < -0.3 is 14.2 Å². The van der Waals surface area contributed by atoms with Gasteiger partial charge in [-0.2, -0.15) is 0 Å². The number of para-hydroxylation sites is 1. The molecular weight excluding hydrogens is 477 g/mol. The van der Waals surface area contributed by atoms with E-state index >= 15 is 0 Å². The van der Waals surface area contributed by atoms with E-state index in [-0.39, 0.29) is 17.5 Å². The fourth-order valence-corrected chi connectivity index (χ4v) is 4.85. The van der Waals surface area contributed by atoms with Crippen LogP contribution in [0.15, 0.2) is 76.5 Å². The van der Waals surface area contributed by atoms with Crippen molar-refractivity contribution in [2.24, 2.45) is 0 Å². The molecule has 7 nitrogen and oxygen atoms in total. The lowest BCUT2D eigenvalue weighted by molar-refractivity contribution is -0.128. The number of piperazine rings is 1. The van der Waals surface area contributed by atoms with Gasteiger partial charge in [0.2, 0.25) is 11.7 Å². The Morgan fingerprint density at radius 3 is 2.47 bits per heavy atom. The summed E-state index contributed by atoms with van der Waals surface area (Å²) in [5.41, 5.74) is 1.39. The minimum atomic E-state index is -0.244. The lowest BCUT2D eigenvalue weighted by Gasteiger charge is -2.36. The Bertz CT molecular complexity index is 1270. The molecular formula is C24H21ClFN5O2S. The highest BCUT2D eigenvalue weighted by Gasteiger charge is 2.24.